The summed E-state index contributed by atoms with van der Waals surface area (Å²) in [7, 11) is 1.59. The first-order valence-corrected chi connectivity index (χ1v) is 9.25. The monoisotopic (exact) mass is 406 g/mol. The molecule has 0 fully saturated rings. The van der Waals surface area contributed by atoms with Gasteiger partial charge in [0.1, 0.15) is 5.76 Å². The summed E-state index contributed by atoms with van der Waals surface area (Å²) in [5.74, 6) is -0.0902. The van der Waals surface area contributed by atoms with Crippen LogP contribution in [0.5, 0.6) is 0 Å². The second kappa shape index (κ2) is 10.7. The lowest BCUT2D eigenvalue weighted by Gasteiger charge is -2.20. The lowest BCUT2D eigenvalue weighted by atomic mass is 9.90. The minimum Gasteiger partial charge on any atom is -0.508 e. The van der Waals surface area contributed by atoms with Crippen LogP contribution >= 0.6 is 0 Å². The van der Waals surface area contributed by atoms with E-state index in [1.807, 2.05) is 0 Å². The molecule has 1 aromatic carbocycles. The van der Waals surface area contributed by atoms with Crippen LogP contribution in [0.4, 0.5) is 18.9 Å². The highest BCUT2D eigenvalue weighted by Crippen LogP contribution is 2.40. The average molecular weight is 406 g/mol. The van der Waals surface area contributed by atoms with E-state index in [0.29, 0.717) is 40.9 Å². The molecule has 0 aliphatic rings. The lowest BCUT2D eigenvalue weighted by molar-refractivity contribution is -0.137. The van der Waals surface area contributed by atoms with Crippen molar-refractivity contribution in [2.75, 3.05) is 18.9 Å². The van der Waals surface area contributed by atoms with Crippen molar-refractivity contribution in [2.24, 2.45) is 5.73 Å². The van der Waals surface area contributed by atoms with Crippen LogP contribution in [0.15, 0.2) is 66.0 Å². The fourth-order valence-electron chi connectivity index (χ4n) is 2.76. The predicted octanol–water partition coefficient (Wildman–Crippen LogP) is 6.17. The maximum atomic E-state index is 13.9. The van der Waals surface area contributed by atoms with E-state index >= 15 is 0 Å². The molecule has 0 saturated heterocycles. The average Bonchev–Trinajstić information content (AvgIpc) is 2.65. The summed E-state index contributed by atoms with van der Waals surface area (Å²) in [6.07, 6.45) is 4.31. The van der Waals surface area contributed by atoms with Gasteiger partial charge in [-0.1, -0.05) is 37.0 Å². The summed E-state index contributed by atoms with van der Waals surface area (Å²) in [4.78, 5) is 0. The van der Waals surface area contributed by atoms with Gasteiger partial charge in [0, 0.05) is 12.7 Å². The van der Waals surface area contributed by atoms with Crippen LogP contribution in [0.2, 0.25) is 0 Å². The standard InChI is InChI=1S/C23H29F3N2O/c1-6-7-8-19(16(3)10-9-15(2)17(4)29)20-13-18(11-12-27)22(28-5)14-21(20)23(24,25)26/h6-10,13-14,28-29H,4,11-12,27H2,1-3,5H3/b7-6-,15-9+,16-10+,19-8+. The fraction of sp³-hybridized carbons (Fsp3) is 0.304. The van der Waals surface area contributed by atoms with Gasteiger partial charge in [0.25, 0.3) is 0 Å². The highest BCUT2D eigenvalue weighted by Gasteiger charge is 2.35. The number of aliphatic hydroxyl groups excluding tert-OH is 1. The molecule has 0 aromatic heterocycles. The minimum absolute atomic E-state index is 0.0840. The van der Waals surface area contributed by atoms with E-state index in [4.69, 9.17) is 5.73 Å². The van der Waals surface area contributed by atoms with E-state index in [0.717, 1.165) is 6.07 Å². The van der Waals surface area contributed by atoms with Gasteiger partial charge in [0.2, 0.25) is 0 Å². The number of allylic oxidation sites excluding steroid dienone is 8. The Balaban J connectivity index is 3.80. The number of benzene rings is 1. The van der Waals surface area contributed by atoms with Crippen molar-refractivity contribution in [2.45, 2.75) is 33.4 Å². The third kappa shape index (κ3) is 6.68. The highest BCUT2D eigenvalue weighted by molar-refractivity contribution is 5.83. The van der Waals surface area contributed by atoms with Crippen LogP contribution in [0.3, 0.4) is 0 Å². The number of aliphatic hydroxyl groups is 1. The molecule has 0 bridgehead atoms. The second-order valence-electron chi connectivity index (χ2n) is 6.59. The van der Waals surface area contributed by atoms with Crippen LogP contribution < -0.4 is 11.1 Å². The number of hydrogen-bond acceptors (Lipinski definition) is 3. The van der Waals surface area contributed by atoms with E-state index in [1.165, 1.54) is 0 Å². The summed E-state index contributed by atoms with van der Waals surface area (Å²) in [6.45, 7) is 8.96. The summed E-state index contributed by atoms with van der Waals surface area (Å²) >= 11 is 0. The fourth-order valence-corrected chi connectivity index (χ4v) is 2.76. The molecule has 0 heterocycles. The van der Waals surface area contributed by atoms with Gasteiger partial charge in [-0.3, -0.25) is 0 Å². The van der Waals surface area contributed by atoms with Crippen molar-refractivity contribution in [3.05, 3.63) is 82.7 Å². The van der Waals surface area contributed by atoms with E-state index in [9.17, 15) is 18.3 Å². The molecule has 1 aromatic rings. The molecule has 0 aliphatic carbocycles. The van der Waals surface area contributed by atoms with Crippen LogP contribution in [-0.4, -0.2) is 18.7 Å². The van der Waals surface area contributed by atoms with Crippen molar-refractivity contribution in [1.82, 2.24) is 0 Å². The maximum absolute atomic E-state index is 13.9. The number of alkyl halides is 3. The molecule has 29 heavy (non-hydrogen) atoms. The molecule has 0 amide bonds. The predicted molar refractivity (Wildman–Crippen MR) is 116 cm³/mol. The molecule has 6 heteroatoms. The van der Waals surface area contributed by atoms with Gasteiger partial charge in [-0.05, 0) is 73.7 Å². The number of rotatable bonds is 8. The Kier molecular flexibility index (Phi) is 8.98. The summed E-state index contributed by atoms with van der Waals surface area (Å²) < 4.78 is 41.6. The summed E-state index contributed by atoms with van der Waals surface area (Å²) in [6, 6.07) is 2.68. The molecule has 0 radical (unpaired) electrons. The normalized spacial score (nSPS) is 13.9. The number of anilines is 1. The molecule has 158 valence electrons. The highest BCUT2D eigenvalue weighted by atomic mass is 19.4. The van der Waals surface area contributed by atoms with Gasteiger partial charge in [0.15, 0.2) is 0 Å². The Hall–Kier alpha value is -2.73. The zero-order valence-corrected chi connectivity index (χ0v) is 17.3. The van der Waals surface area contributed by atoms with Crippen LogP contribution in [0.1, 0.15) is 37.5 Å². The van der Waals surface area contributed by atoms with Crippen LogP contribution in [0, 0.1) is 0 Å². The molecular weight excluding hydrogens is 377 g/mol. The van der Waals surface area contributed by atoms with Crippen molar-refractivity contribution in [3.63, 3.8) is 0 Å². The van der Waals surface area contributed by atoms with Gasteiger partial charge in [0.05, 0.1) is 5.56 Å². The Labute approximate surface area is 170 Å². The Morgan fingerprint density at radius 3 is 2.28 bits per heavy atom. The second-order valence-corrected chi connectivity index (χ2v) is 6.59. The van der Waals surface area contributed by atoms with Crippen LogP contribution in [0.25, 0.3) is 5.57 Å². The number of nitrogens with one attached hydrogen (secondary N) is 1. The molecule has 0 saturated carbocycles. The molecule has 3 nitrogen and oxygen atoms in total. The zero-order chi connectivity index (χ0) is 22.2. The molecule has 0 aliphatic heterocycles. The maximum Gasteiger partial charge on any atom is 0.417 e. The van der Waals surface area contributed by atoms with E-state index < -0.39 is 11.7 Å². The van der Waals surface area contributed by atoms with E-state index in [1.54, 1.807) is 64.3 Å². The Morgan fingerprint density at radius 2 is 1.79 bits per heavy atom. The van der Waals surface area contributed by atoms with Crippen molar-refractivity contribution < 1.29 is 18.3 Å². The van der Waals surface area contributed by atoms with Gasteiger partial charge in [-0.25, -0.2) is 0 Å². The number of hydrogen-bond donors (Lipinski definition) is 3. The largest absolute Gasteiger partial charge is 0.508 e. The lowest BCUT2D eigenvalue weighted by Crippen LogP contribution is -2.13. The van der Waals surface area contributed by atoms with Gasteiger partial charge >= 0.3 is 6.18 Å². The minimum atomic E-state index is -4.53. The van der Waals surface area contributed by atoms with Gasteiger partial charge in [-0.2, -0.15) is 13.2 Å². The quantitative estimate of drug-likeness (QED) is 0.357. The third-order valence-electron chi connectivity index (χ3n) is 4.44. The zero-order valence-electron chi connectivity index (χ0n) is 17.3. The molecule has 0 atom stereocenters. The Bertz CT molecular complexity index is 860. The topological polar surface area (TPSA) is 58.3 Å². The molecule has 0 spiro atoms. The van der Waals surface area contributed by atoms with Crippen molar-refractivity contribution in [3.8, 4) is 0 Å². The van der Waals surface area contributed by atoms with Crippen LogP contribution in [-0.2, 0) is 12.6 Å². The first-order valence-electron chi connectivity index (χ1n) is 9.25. The molecule has 0 unspecified atom stereocenters. The third-order valence-corrected chi connectivity index (χ3v) is 4.44. The number of nitrogens with two attached hydrogens (primary N) is 1. The van der Waals surface area contributed by atoms with Gasteiger partial charge < -0.3 is 16.2 Å². The van der Waals surface area contributed by atoms with Crippen molar-refractivity contribution in [1.29, 1.82) is 0 Å². The molecule has 4 N–H and O–H groups in total. The first-order chi connectivity index (χ1) is 13.6. The Morgan fingerprint density at radius 1 is 1.17 bits per heavy atom. The smallest absolute Gasteiger partial charge is 0.417 e. The van der Waals surface area contributed by atoms with Gasteiger partial charge in [-0.15, -0.1) is 0 Å². The first kappa shape index (κ1) is 24.3. The summed E-state index contributed by atoms with van der Waals surface area (Å²) in [5, 5.41) is 12.3. The molecular formula is C23H29F3N2O. The number of halogens is 3. The van der Waals surface area contributed by atoms with E-state index in [-0.39, 0.29) is 11.3 Å². The molecule has 1 rings (SSSR count). The summed E-state index contributed by atoms with van der Waals surface area (Å²) in [5.41, 5.74) is 7.72. The SMILES string of the molecule is C=C(O)/C(C)=C/C=C(C)/C(=C\C=C/C)c1cc(CCN)c(NC)cc1C(F)(F)F. The van der Waals surface area contributed by atoms with Crippen molar-refractivity contribution >= 4 is 11.3 Å². The van der Waals surface area contributed by atoms with E-state index in [2.05, 4.69) is 11.9 Å².